The summed E-state index contributed by atoms with van der Waals surface area (Å²) in [5.41, 5.74) is 2.32. The Bertz CT molecular complexity index is 448. The fourth-order valence-electron chi connectivity index (χ4n) is 4.98. The van der Waals surface area contributed by atoms with Crippen LogP contribution in [0.25, 0.3) is 0 Å². The zero-order valence-electron chi connectivity index (χ0n) is 9.47. The standard InChI is InChI=1S/C15H17N/c1-2-4-11(5-3-1)16-13-10-8-12(14(13)16)15(9-10)6-7-15/h1-5,10,12-14H,6-9H2/t10-,12-,13-,14+,16?/m1/s1. The largest absolute Gasteiger partial charge is 0.361 e. The molecule has 1 heterocycles. The monoisotopic (exact) mass is 211 g/mol. The molecule has 4 aliphatic rings. The molecule has 4 fully saturated rings. The van der Waals surface area contributed by atoms with Crippen molar-refractivity contribution in [2.75, 3.05) is 4.90 Å². The summed E-state index contributed by atoms with van der Waals surface area (Å²) in [4.78, 5) is 2.71. The lowest BCUT2D eigenvalue weighted by Gasteiger charge is -2.18. The minimum Gasteiger partial charge on any atom is -0.361 e. The van der Waals surface area contributed by atoms with Gasteiger partial charge < -0.3 is 4.90 Å². The Morgan fingerprint density at radius 3 is 2.62 bits per heavy atom. The van der Waals surface area contributed by atoms with Crippen molar-refractivity contribution < 1.29 is 0 Å². The van der Waals surface area contributed by atoms with Gasteiger partial charge in [-0.1, -0.05) is 18.2 Å². The minimum absolute atomic E-state index is 0.843. The second-order valence-electron chi connectivity index (χ2n) is 6.39. The molecular formula is C15H17N. The molecule has 1 heteroatoms. The molecule has 0 N–H and O–H groups in total. The molecule has 0 aromatic heterocycles. The molecule has 1 saturated heterocycles. The van der Waals surface area contributed by atoms with Crippen molar-refractivity contribution in [2.24, 2.45) is 17.3 Å². The molecule has 3 aliphatic carbocycles. The Morgan fingerprint density at radius 1 is 1.06 bits per heavy atom. The third-order valence-corrected chi connectivity index (χ3v) is 5.76. The van der Waals surface area contributed by atoms with Crippen molar-refractivity contribution in [2.45, 2.75) is 37.8 Å². The van der Waals surface area contributed by atoms with Gasteiger partial charge in [0, 0.05) is 5.69 Å². The van der Waals surface area contributed by atoms with Gasteiger partial charge in [0.25, 0.3) is 0 Å². The summed E-state index contributed by atoms with van der Waals surface area (Å²) >= 11 is 0. The van der Waals surface area contributed by atoms with E-state index in [1.807, 2.05) is 0 Å². The number of benzene rings is 1. The quantitative estimate of drug-likeness (QED) is 0.645. The van der Waals surface area contributed by atoms with Crippen molar-refractivity contribution in [3.63, 3.8) is 0 Å². The van der Waals surface area contributed by atoms with E-state index < -0.39 is 0 Å². The fourth-order valence-corrected chi connectivity index (χ4v) is 4.98. The van der Waals surface area contributed by atoms with Crippen LogP contribution >= 0.6 is 0 Å². The van der Waals surface area contributed by atoms with Gasteiger partial charge >= 0.3 is 0 Å². The minimum atomic E-state index is 0.843. The Morgan fingerprint density at radius 2 is 1.88 bits per heavy atom. The Labute approximate surface area is 96.5 Å². The number of para-hydroxylation sites is 1. The first kappa shape index (κ1) is 8.16. The Hall–Kier alpha value is -0.980. The van der Waals surface area contributed by atoms with Gasteiger partial charge in [-0.25, -0.2) is 0 Å². The first-order chi connectivity index (χ1) is 7.89. The predicted octanol–water partition coefficient (Wildman–Crippen LogP) is 3.06. The SMILES string of the molecule is c1ccc(N2[C@@H]3[C@@H]4C[C@H]([C@@H]32)C2(CC2)C4)cc1. The molecule has 1 nitrogen and oxygen atoms in total. The highest BCUT2D eigenvalue weighted by molar-refractivity contribution is 5.60. The molecule has 2 bridgehead atoms. The second kappa shape index (κ2) is 2.32. The summed E-state index contributed by atoms with van der Waals surface area (Å²) in [6.45, 7) is 0. The predicted molar refractivity (Wildman–Crippen MR) is 64.4 cm³/mol. The molecule has 82 valence electrons. The van der Waals surface area contributed by atoms with Crippen molar-refractivity contribution in [1.29, 1.82) is 0 Å². The average Bonchev–Trinajstić information content (AvgIpc) is 3.18. The molecule has 5 rings (SSSR count). The smallest absolute Gasteiger partial charge is 0.0534 e. The molecule has 1 aromatic carbocycles. The summed E-state index contributed by atoms with van der Waals surface area (Å²) in [7, 11) is 0. The van der Waals surface area contributed by atoms with Crippen molar-refractivity contribution in [3.8, 4) is 0 Å². The first-order valence-corrected chi connectivity index (χ1v) is 6.72. The van der Waals surface area contributed by atoms with Gasteiger partial charge in [0.15, 0.2) is 0 Å². The van der Waals surface area contributed by atoms with E-state index in [0.29, 0.717) is 0 Å². The maximum absolute atomic E-state index is 2.71. The number of nitrogens with zero attached hydrogens (tertiary/aromatic N) is 1. The van der Waals surface area contributed by atoms with E-state index >= 15 is 0 Å². The zero-order valence-corrected chi connectivity index (χ0v) is 9.47. The van der Waals surface area contributed by atoms with Crippen LogP contribution in [0.15, 0.2) is 30.3 Å². The molecule has 1 spiro atoms. The van der Waals surface area contributed by atoms with E-state index in [4.69, 9.17) is 0 Å². The van der Waals surface area contributed by atoms with E-state index in [1.54, 1.807) is 25.7 Å². The van der Waals surface area contributed by atoms with Gasteiger partial charge in [-0.3, -0.25) is 0 Å². The van der Waals surface area contributed by atoms with Crippen LogP contribution in [-0.2, 0) is 0 Å². The van der Waals surface area contributed by atoms with Crippen LogP contribution in [0.4, 0.5) is 5.69 Å². The first-order valence-electron chi connectivity index (χ1n) is 6.72. The van der Waals surface area contributed by atoms with Crippen molar-refractivity contribution in [1.82, 2.24) is 0 Å². The number of rotatable bonds is 1. The van der Waals surface area contributed by atoms with Crippen LogP contribution in [-0.4, -0.2) is 12.1 Å². The Balaban J connectivity index is 1.51. The van der Waals surface area contributed by atoms with Crippen LogP contribution in [0.5, 0.6) is 0 Å². The lowest BCUT2D eigenvalue weighted by atomic mass is 9.86. The van der Waals surface area contributed by atoms with Crippen LogP contribution in [0, 0.1) is 17.3 Å². The highest BCUT2D eigenvalue weighted by Crippen LogP contribution is 2.74. The molecule has 1 aliphatic heterocycles. The number of piperidine rings is 1. The van der Waals surface area contributed by atoms with Crippen LogP contribution in [0.1, 0.15) is 25.7 Å². The molecule has 0 amide bonds. The normalized spacial score (nSPS) is 44.9. The number of anilines is 1. The molecule has 1 aromatic rings. The average molecular weight is 211 g/mol. The molecule has 0 unspecified atom stereocenters. The summed E-state index contributed by atoms with van der Waals surface area (Å²) in [5.74, 6) is 2.10. The lowest BCUT2D eigenvalue weighted by molar-refractivity contribution is 0.342. The van der Waals surface area contributed by atoms with E-state index in [9.17, 15) is 0 Å². The number of fused-ring (bicyclic) bond motifs is 6. The number of hydrogen-bond acceptors (Lipinski definition) is 1. The zero-order chi connectivity index (χ0) is 10.3. The second-order valence-corrected chi connectivity index (χ2v) is 6.39. The third kappa shape index (κ3) is 0.783. The van der Waals surface area contributed by atoms with E-state index in [0.717, 1.165) is 29.3 Å². The van der Waals surface area contributed by atoms with Gasteiger partial charge in [-0.05, 0) is 55.1 Å². The summed E-state index contributed by atoms with van der Waals surface area (Å²) in [6, 6.07) is 12.9. The van der Waals surface area contributed by atoms with Gasteiger partial charge in [-0.2, -0.15) is 0 Å². The van der Waals surface area contributed by atoms with Crippen LogP contribution in [0.3, 0.4) is 0 Å². The topological polar surface area (TPSA) is 3.01 Å². The maximum Gasteiger partial charge on any atom is 0.0534 e. The molecular weight excluding hydrogens is 194 g/mol. The van der Waals surface area contributed by atoms with Crippen molar-refractivity contribution >= 4 is 5.69 Å². The summed E-state index contributed by atoms with van der Waals surface area (Å²) in [5, 5.41) is 0. The van der Waals surface area contributed by atoms with Gasteiger partial charge in [0.05, 0.1) is 12.1 Å². The van der Waals surface area contributed by atoms with Gasteiger partial charge in [0.1, 0.15) is 0 Å². The molecule has 0 radical (unpaired) electrons. The summed E-state index contributed by atoms with van der Waals surface area (Å²) in [6.07, 6.45) is 6.20. The van der Waals surface area contributed by atoms with Crippen LogP contribution < -0.4 is 4.90 Å². The van der Waals surface area contributed by atoms with Crippen LogP contribution in [0.2, 0.25) is 0 Å². The van der Waals surface area contributed by atoms with Gasteiger partial charge in [0.2, 0.25) is 0 Å². The fraction of sp³-hybridized carbons (Fsp3) is 0.600. The Kier molecular flexibility index (Phi) is 1.18. The van der Waals surface area contributed by atoms with E-state index in [1.165, 1.54) is 5.69 Å². The highest BCUT2D eigenvalue weighted by atomic mass is 15.4. The molecule has 16 heavy (non-hydrogen) atoms. The van der Waals surface area contributed by atoms with E-state index in [-0.39, 0.29) is 0 Å². The maximum atomic E-state index is 2.71. The highest BCUT2D eigenvalue weighted by Gasteiger charge is 2.74. The third-order valence-electron chi connectivity index (χ3n) is 5.76. The lowest BCUT2D eigenvalue weighted by Crippen LogP contribution is -2.19. The summed E-state index contributed by atoms with van der Waals surface area (Å²) < 4.78 is 0. The van der Waals surface area contributed by atoms with E-state index in [2.05, 4.69) is 35.2 Å². The molecule has 4 atom stereocenters. The number of hydrogen-bond donors (Lipinski definition) is 0. The van der Waals surface area contributed by atoms with Gasteiger partial charge in [-0.15, -0.1) is 0 Å². The molecule has 3 saturated carbocycles. The van der Waals surface area contributed by atoms with Crippen molar-refractivity contribution in [3.05, 3.63) is 30.3 Å².